The first-order chi connectivity index (χ1) is 6.06. The maximum absolute atomic E-state index is 9.28. The third-order valence-electron chi connectivity index (χ3n) is 2.14. The maximum Gasteiger partial charge on any atom is 0.134 e. The number of phenols is 1. The fourth-order valence-electron chi connectivity index (χ4n) is 1.31. The van der Waals surface area contributed by atoms with E-state index in [0.717, 1.165) is 11.1 Å². The second kappa shape index (κ2) is 3.99. The highest BCUT2D eigenvalue weighted by molar-refractivity contribution is 6.32. The van der Waals surface area contributed by atoms with Gasteiger partial charge in [-0.2, -0.15) is 0 Å². The molecule has 0 fully saturated rings. The molecule has 0 aromatic heterocycles. The van der Waals surface area contributed by atoms with Gasteiger partial charge >= 0.3 is 0 Å². The lowest BCUT2D eigenvalue weighted by molar-refractivity contribution is 0.272. The lowest BCUT2D eigenvalue weighted by atomic mass is 9.97. The van der Waals surface area contributed by atoms with Crippen LogP contribution in [0.2, 0.25) is 5.02 Å². The Kier molecular flexibility index (Phi) is 3.17. The number of hydrogen-bond acceptors (Lipinski definition) is 2. The SMILES string of the molecule is Cc1cc(O)c(Cl)cc1C(C)CO. The Morgan fingerprint density at radius 1 is 1.46 bits per heavy atom. The van der Waals surface area contributed by atoms with Gasteiger partial charge in [0.1, 0.15) is 5.75 Å². The summed E-state index contributed by atoms with van der Waals surface area (Å²) in [5, 5.41) is 18.6. The summed E-state index contributed by atoms with van der Waals surface area (Å²) in [4.78, 5) is 0. The predicted octanol–water partition coefficient (Wildman–Crippen LogP) is 2.45. The number of halogens is 1. The number of benzene rings is 1. The number of aryl methyl sites for hydroxylation is 1. The summed E-state index contributed by atoms with van der Waals surface area (Å²) in [6, 6.07) is 3.32. The summed E-state index contributed by atoms with van der Waals surface area (Å²) in [6.45, 7) is 3.88. The quantitative estimate of drug-likeness (QED) is 0.770. The van der Waals surface area contributed by atoms with E-state index in [1.165, 1.54) is 0 Å². The summed E-state index contributed by atoms with van der Waals surface area (Å²) < 4.78 is 0. The number of rotatable bonds is 2. The Balaban J connectivity index is 3.15. The molecule has 2 N–H and O–H groups in total. The minimum Gasteiger partial charge on any atom is -0.506 e. The van der Waals surface area contributed by atoms with Crippen LogP contribution in [0.15, 0.2) is 12.1 Å². The predicted molar refractivity (Wildman–Crippen MR) is 53.4 cm³/mol. The Labute approximate surface area is 82.8 Å². The smallest absolute Gasteiger partial charge is 0.134 e. The maximum atomic E-state index is 9.28. The fraction of sp³-hybridized carbons (Fsp3) is 0.400. The molecular weight excluding hydrogens is 188 g/mol. The molecule has 0 spiro atoms. The lowest BCUT2D eigenvalue weighted by Gasteiger charge is -2.12. The first-order valence-corrected chi connectivity index (χ1v) is 4.54. The zero-order valence-electron chi connectivity index (χ0n) is 7.71. The van der Waals surface area contributed by atoms with E-state index in [1.54, 1.807) is 12.1 Å². The van der Waals surface area contributed by atoms with Gasteiger partial charge in [0.2, 0.25) is 0 Å². The Morgan fingerprint density at radius 3 is 2.62 bits per heavy atom. The van der Waals surface area contributed by atoms with Crippen LogP contribution >= 0.6 is 11.6 Å². The normalized spacial score (nSPS) is 12.9. The number of hydrogen-bond donors (Lipinski definition) is 2. The van der Waals surface area contributed by atoms with Gasteiger partial charge in [-0.15, -0.1) is 0 Å². The van der Waals surface area contributed by atoms with Crippen molar-refractivity contribution < 1.29 is 10.2 Å². The van der Waals surface area contributed by atoms with Crippen LogP contribution in [-0.2, 0) is 0 Å². The molecule has 2 nitrogen and oxygen atoms in total. The molecule has 0 aliphatic heterocycles. The molecule has 0 bridgehead atoms. The highest BCUT2D eigenvalue weighted by atomic mass is 35.5. The molecule has 1 atom stereocenters. The van der Waals surface area contributed by atoms with Gasteiger partial charge in [0.25, 0.3) is 0 Å². The number of aliphatic hydroxyl groups excluding tert-OH is 1. The first-order valence-electron chi connectivity index (χ1n) is 4.16. The molecule has 0 amide bonds. The van der Waals surface area contributed by atoms with E-state index < -0.39 is 0 Å². The monoisotopic (exact) mass is 200 g/mol. The second-order valence-corrected chi connectivity index (χ2v) is 3.65. The van der Waals surface area contributed by atoms with Crippen LogP contribution < -0.4 is 0 Å². The third-order valence-corrected chi connectivity index (χ3v) is 2.44. The van der Waals surface area contributed by atoms with E-state index in [-0.39, 0.29) is 18.3 Å². The minimum absolute atomic E-state index is 0.0538. The zero-order valence-corrected chi connectivity index (χ0v) is 8.47. The molecule has 13 heavy (non-hydrogen) atoms. The lowest BCUT2D eigenvalue weighted by Crippen LogP contribution is -2.01. The van der Waals surface area contributed by atoms with Crippen LogP contribution in [0.25, 0.3) is 0 Å². The summed E-state index contributed by atoms with van der Waals surface area (Å²) in [5.74, 6) is 0.145. The van der Waals surface area contributed by atoms with E-state index in [2.05, 4.69) is 0 Å². The molecule has 0 saturated carbocycles. The first kappa shape index (κ1) is 10.4. The van der Waals surface area contributed by atoms with Gasteiger partial charge in [-0.3, -0.25) is 0 Å². The van der Waals surface area contributed by atoms with Gasteiger partial charge in [0, 0.05) is 12.5 Å². The van der Waals surface area contributed by atoms with Crippen LogP contribution in [0.5, 0.6) is 5.75 Å². The van der Waals surface area contributed by atoms with E-state index in [9.17, 15) is 5.11 Å². The van der Waals surface area contributed by atoms with Crippen molar-refractivity contribution in [1.82, 2.24) is 0 Å². The van der Waals surface area contributed by atoms with Gasteiger partial charge in [-0.05, 0) is 30.2 Å². The van der Waals surface area contributed by atoms with Crippen molar-refractivity contribution in [2.45, 2.75) is 19.8 Å². The van der Waals surface area contributed by atoms with E-state index in [4.69, 9.17) is 16.7 Å². The van der Waals surface area contributed by atoms with Gasteiger partial charge in [0.15, 0.2) is 0 Å². The van der Waals surface area contributed by atoms with Crippen molar-refractivity contribution in [3.8, 4) is 5.75 Å². The Bertz CT molecular complexity index is 310. The third kappa shape index (κ3) is 2.14. The molecule has 0 heterocycles. The summed E-state index contributed by atoms with van der Waals surface area (Å²) >= 11 is 5.76. The molecule has 1 unspecified atom stereocenters. The molecule has 0 aliphatic rings. The Morgan fingerprint density at radius 2 is 2.08 bits per heavy atom. The van der Waals surface area contributed by atoms with Crippen molar-refractivity contribution in [3.63, 3.8) is 0 Å². The molecule has 1 aromatic carbocycles. The number of aliphatic hydroxyl groups is 1. The summed E-state index contributed by atoms with van der Waals surface area (Å²) in [5.41, 5.74) is 1.92. The molecular formula is C10H13ClO2. The van der Waals surface area contributed by atoms with Crippen molar-refractivity contribution in [1.29, 1.82) is 0 Å². The Hall–Kier alpha value is -0.730. The van der Waals surface area contributed by atoms with Crippen molar-refractivity contribution >= 4 is 11.6 Å². The van der Waals surface area contributed by atoms with Crippen LogP contribution in [0.3, 0.4) is 0 Å². The van der Waals surface area contributed by atoms with Crippen LogP contribution in [0.1, 0.15) is 24.0 Å². The summed E-state index contributed by atoms with van der Waals surface area (Å²) in [7, 11) is 0. The highest BCUT2D eigenvalue weighted by Crippen LogP contribution is 2.30. The van der Waals surface area contributed by atoms with Crippen molar-refractivity contribution in [2.75, 3.05) is 6.61 Å². The average molecular weight is 201 g/mol. The van der Waals surface area contributed by atoms with Gasteiger partial charge in [-0.1, -0.05) is 18.5 Å². The van der Waals surface area contributed by atoms with Crippen LogP contribution in [-0.4, -0.2) is 16.8 Å². The van der Waals surface area contributed by atoms with Crippen LogP contribution in [0.4, 0.5) is 0 Å². The average Bonchev–Trinajstić information content (AvgIpc) is 2.10. The van der Waals surface area contributed by atoms with E-state index in [1.807, 2.05) is 13.8 Å². The molecule has 0 aliphatic carbocycles. The van der Waals surface area contributed by atoms with Gasteiger partial charge in [-0.25, -0.2) is 0 Å². The topological polar surface area (TPSA) is 40.5 Å². The highest BCUT2D eigenvalue weighted by Gasteiger charge is 2.10. The zero-order chi connectivity index (χ0) is 10.0. The van der Waals surface area contributed by atoms with Gasteiger partial charge in [0.05, 0.1) is 5.02 Å². The van der Waals surface area contributed by atoms with E-state index in [0.29, 0.717) is 5.02 Å². The van der Waals surface area contributed by atoms with Crippen LogP contribution in [0, 0.1) is 6.92 Å². The van der Waals surface area contributed by atoms with Crippen molar-refractivity contribution in [2.24, 2.45) is 0 Å². The van der Waals surface area contributed by atoms with Gasteiger partial charge < -0.3 is 10.2 Å². The van der Waals surface area contributed by atoms with Crippen molar-refractivity contribution in [3.05, 3.63) is 28.3 Å². The molecule has 1 aromatic rings. The largest absolute Gasteiger partial charge is 0.506 e. The standard InChI is InChI=1S/C10H13ClO2/c1-6-3-10(13)9(11)4-8(6)7(2)5-12/h3-4,7,12-13H,5H2,1-2H3. The molecule has 3 heteroatoms. The molecule has 0 radical (unpaired) electrons. The molecule has 1 rings (SSSR count). The number of phenolic OH excluding ortho intramolecular Hbond substituents is 1. The minimum atomic E-state index is 0.0538. The van der Waals surface area contributed by atoms with E-state index >= 15 is 0 Å². The molecule has 72 valence electrons. The molecule has 0 saturated heterocycles. The number of aromatic hydroxyl groups is 1. The summed E-state index contributed by atoms with van der Waals surface area (Å²) in [6.07, 6.45) is 0. The fourth-order valence-corrected chi connectivity index (χ4v) is 1.48. The second-order valence-electron chi connectivity index (χ2n) is 3.24.